The first-order valence-electron chi connectivity index (χ1n) is 5.23. The zero-order valence-electron chi connectivity index (χ0n) is 9.15. The van der Waals surface area contributed by atoms with Gasteiger partial charge >= 0.3 is 0 Å². The molecule has 0 fully saturated rings. The molecule has 1 aliphatic rings. The Morgan fingerprint density at radius 3 is 3.12 bits per heavy atom. The third-order valence-electron chi connectivity index (χ3n) is 2.40. The molecule has 0 spiro atoms. The number of halogens is 1. The highest BCUT2D eigenvalue weighted by molar-refractivity contribution is 5.97. The molecule has 1 unspecified atom stereocenters. The van der Waals surface area contributed by atoms with E-state index in [9.17, 15) is 9.18 Å². The number of hydrogen-bond donors (Lipinski definition) is 1. The maximum Gasteiger partial charge on any atom is 0.255 e. The number of amides is 1. The number of ether oxygens (including phenoxy) is 1. The van der Waals surface area contributed by atoms with Crippen molar-refractivity contribution in [3.8, 4) is 5.75 Å². The van der Waals surface area contributed by atoms with E-state index >= 15 is 0 Å². The number of fused-ring (bicyclic) bond motifs is 1. The van der Waals surface area contributed by atoms with E-state index < -0.39 is 5.82 Å². The van der Waals surface area contributed by atoms with Gasteiger partial charge < -0.3 is 10.1 Å². The summed E-state index contributed by atoms with van der Waals surface area (Å²) in [5, 5.41) is 2.73. The van der Waals surface area contributed by atoms with Crippen LogP contribution >= 0.6 is 0 Å². The Hall–Kier alpha value is -2.10. The quantitative estimate of drug-likeness (QED) is 0.794. The second kappa shape index (κ2) is 4.82. The summed E-state index contributed by atoms with van der Waals surface area (Å²) in [6.45, 7) is 3.86. The highest BCUT2D eigenvalue weighted by Gasteiger charge is 2.21. The normalized spacial score (nSPS) is 19.1. The van der Waals surface area contributed by atoms with Crippen molar-refractivity contribution < 1.29 is 13.9 Å². The molecule has 0 saturated heterocycles. The van der Waals surface area contributed by atoms with Crippen LogP contribution in [0.4, 0.5) is 4.39 Å². The first-order valence-corrected chi connectivity index (χ1v) is 5.23. The fraction of sp³-hybridized carbons (Fsp3) is 0.154. The van der Waals surface area contributed by atoms with E-state index in [0.29, 0.717) is 12.4 Å². The fourth-order valence-electron chi connectivity index (χ4n) is 1.59. The predicted molar refractivity (Wildman–Crippen MR) is 62.5 cm³/mol. The maximum absolute atomic E-state index is 13.0. The van der Waals surface area contributed by atoms with Gasteiger partial charge in [0, 0.05) is 0 Å². The van der Waals surface area contributed by atoms with Crippen molar-refractivity contribution in [3.63, 3.8) is 0 Å². The van der Waals surface area contributed by atoms with Crippen LogP contribution in [0.3, 0.4) is 0 Å². The third kappa shape index (κ3) is 2.53. The van der Waals surface area contributed by atoms with Gasteiger partial charge in [-0.25, -0.2) is 4.39 Å². The summed E-state index contributed by atoms with van der Waals surface area (Å²) < 4.78 is 18.5. The van der Waals surface area contributed by atoms with Gasteiger partial charge in [-0.1, -0.05) is 24.8 Å². The van der Waals surface area contributed by atoms with E-state index in [1.807, 2.05) is 0 Å². The second-order valence-corrected chi connectivity index (χ2v) is 3.65. The molecule has 1 atom stereocenters. The monoisotopic (exact) mass is 233 g/mol. The maximum atomic E-state index is 13.0. The van der Waals surface area contributed by atoms with E-state index in [-0.39, 0.29) is 17.5 Å². The van der Waals surface area contributed by atoms with Crippen LogP contribution in [0.15, 0.2) is 43.0 Å². The topological polar surface area (TPSA) is 38.3 Å². The average molecular weight is 233 g/mol. The number of nitrogens with one attached hydrogen (secondary N) is 1. The van der Waals surface area contributed by atoms with E-state index in [4.69, 9.17) is 4.74 Å². The van der Waals surface area contributed by atoms with Crippen molar-refractivity contribution in [2.24, 2.45) is 0 Å². The van der Waals surface area contributed by atoms with Crippen LogP contribution in [-0.2, 0) is 0 Å². The second-order valence-electron chi connectivity index (χ2n) is 3.65. The van der Waals surface area contributed by atoms with Crippen LogP contribution in [0.1, 0.15) is 10.4 Å². The summed E-state index contributed by atoms with van der Waals surface area (Å²) in [6.07, 6.45) is 5.11. The van der Waals surface area contributed by atoms with Crippen molar-refractivity contribution >= 4 is 5.91 Å². The number of carbonyl (C=O) groups excluding carboxylic acids is 1. The van der Waals surface area contributed by atoms with Crippen molar-refractivity contribution in [1.29, 1.82) is 0 Å². The summed E-state index contributed by atoms with van der Waals surface area (Å²) in [5.74, 6) is -0.392. The van der Waals surface area contributed by atoms with Crippen molar-refractivity contribution in [3.05, 3.63) is 54.4 Å². The van der Waals surface area contributed by atoms with Crippen LogP contribution in [0, 0.1) is 5.82 Å². The average Bonchev–Trinajstić information content (AvgIpc) is 2.47. The van der Waals surface area contributed by atoms with Gasteiger partial charge in [0.2, 0.25) is 0 Å². The fourth-order valence-corrected chi connectivity index (χ4v) is 1.59. The molecular weight excluding hydrogens is 221 g/mol. The Labute approximate surface area is 98.6 Å². The Bertz CT molecular complexity index is 482. The molecule has 1 aromatic rings. The number of rotatable bonds is 2. The van der Waals surface area contributed by atoms with Gasteiger partial charge in [0.25, 0.3) is 5.91 Å². The molecule has 1 heterocycles. The Balaban J connectivity index is 2.26. The smallest absolute Gasteiger partial charge is 0.255 e. The van der Waals surface area contributed by atoms with Gasteiger partial charge in [-0.05, 0) is 18.2 Å². The van der Waals surface area contributed by atoms with E-state index in [2.05, 4.69) is 11.9 Å². The molecule has 0 bridgehead atoms. The zero-order chi connectivity index (χ0) is 12.3. The van der Waals surface area contributed by atoms with Crippen LogP contribution in [0.25, 0.3) is 0 Å². The molecule has 4 heteroatoms. The molecule has 0 aliphatic carbocycles. The van der Waals surface area contributed by atoms with Crippen molar-refractivity contribution in [2.45, 2.75) is 6.04 Å². The van der Waals surface area contributed by atoms with Gasteiger partial charge in [-0.15, -0.1) is 0 Å². The van der Waals surface area contributed by atoms with Gasteiger partial charge in [0.15, 0.2) is 0 Å². The molecule has 0 saturated carbocycles. The molecule has 2 rings (SSSR count). The van der Waals surface area contributed by atoms with Gasteiger partial charge in [-0.2, -0.15) is 0 Å². The first-order chi connectivity index (χ1) is 8.20. The van der Waals surface area contributed by atoms with Crippen molar-refractivity contribution in [2.75, 3.05) is 6.61 Å². The van der Waals surface area contributed by atoms with E-state index in [1.165, 1.54) is 18.2 Å². The lowest BCUT2D eigenvalue weighted by atomic mass is 10.2. The van der Waals surface area contributed by atoms with Crippen LogP contribution in [0.2, 0.25) is 0 Å². The minimum atomic E-state index is -0.456. The van der Waals surface area contributed by atoms with E-state index in [0.717, 1.165) is 0 Å². The molecule has 88 valence electrons. The molecule has 1 aliphatic heterocycles. The molecule has 17 heavy (non-hydrogen) atoms. The first kappa shape index (κ1) is 11.4. The summed E-state index contributed by atoms with van der Waals surface area (Å²) >= 11 is 0. The molecule has 1 amide bonds. The predicted octanol–water partition coefficient (Wildman–Crippen LogP) is 2.06. The molecule has 1 aromatic carbocycles. The summed E-state index contributed by atoms with van der Waals surface area (Å²) in [7, 11) is 0. The Morgan fingerprint density at radius 1 is 1.53 bits per heavy atom. The minimum Gasteiger partial charge on any atom is -0.490 e. The molecule has 0 aromatic heterocycles. The third-order valence-corrected chi connectivity index (χ3v) is 2.40. The van der Waals surface area contributed by atoms with Gasteiger partial charge in [0.05, 0.1) is 11.6 Å². The molecule has 0 radical (unpaired) electrons. The highest BCUT2D eigenvalue weighted by Crippen LogP contribution is 2.22. The number of hydrogen-bond acceptors (Lipinski definition) is 2. The minimum absolute atomic E-state index is 0.222. The molecule has 1 N–H and O–H groups in total. The lowest BCUT2D eigenvalue weighted by Gasteiger charge is -2.09. The number of allylic oxidation sites excluding steroid dienone is 2. The largest absolute Gasteiger partial charge is 0.490 e. The SMILES string of the molecule is C=C/C=C/C1COc2ccc(F)cc2C(=O)N1. The van der Waals surface area contributed by atoms with E-state index in [1.54, 1.807) is 18.2 Å². The van der Waals surface area contributed by atoms with Crippen molar-refractivity contribution in [1.82, 2.24) is 5.32 Å². The standard InChI is InChI=1S/C13H12FNO2/c1-2-3-4-10-8-17-12-6-5-9(14)7-11(12)13(16)15-10/h2-7,10H,1,8H2,(H,15,16)/b4-3+. The Kier molecular flexibility index (Phi) is 3.23. The summed E-state index contributed by atoms with van der Waals surface area (Å²) in [6, 6.07) is 3.66. The number of benzene rings is 1. The lowest BCUT2D eigenvalue weighted by molar-refractivity contribution is 0.0946. The van der Waals surface area contributed by atoms with Crippen LogP contribution in [-0.4, -0.2) is 18.6 Å². The van der Waals surface area contributed by atoms with Gasteiger partial charge in [-0.3, -0.25) is 4.79 Å². The van der Waals surface area contributed by atoms with Crippen LogP contribution in [0.5, 0.6) is 5.75 Å². The zero-order valence-corrected chi connectivity index (χ0v) is 9.15. The number of carbonyl (C=O) groups is 1. The van der Waals surface area contributed by atoms with Crippen LogP contribution < -0.4 is 10.1 Å². The summed E-state index contributed by atoms with van der Waals surface area (Å²) in [5.41, 5.74) is 0.222. The lowest BCUT2D eigenvalue weighted by Crippen LogP contribution is -2.35. The Morgan fingerprint density at radius 2 is 2.35 bits per heavy atom. The molecular formula is C13H12FNO2. The van der Waals surface area contributed by atoms with Gasteiger partial charge in [0.1, 0.15) is 18.2 Å². The highest BCUT2D eigenvalue weighted by atomic mass is 19.1. The molecule has 3 nitrogen and oxygen atoms in total. The summed E-state index contributed by atoms with van der Waals surface area (Å²) in [4.78, 5) is 11.8.